The Balaban J connectivity index is 1.23. The lowest BCUT2D eigenvalue weighted by atomic mass is 9.81. The molecule has 0 N–H and O–H groups in total. The highest BCUT2D eigenvalue weighted by atomic mass is 32.2. The second kappa shape index (κ2) is 9.31. The molecule has 34 heavy (non-hydrogen) atoms. The first kappa shape index (κ1) is 21.5. The molecular formula is C33H30S. The molecule has 0 aliphatic heterocycles. The molecule has 6 rings (SSSR count). The van der Waals surface area contributed by atoms with Crippen molar-refractivity contribution in [3.05, 3.63) is 130 Å². The van der Waals surface area contributed by atoms with E-state index in [-0.39, 0.29) is 0 Å². The SMILES string of the molecule is CC1C=C(C2=CC=C(Sc3ccc(-c4ccccc4)cc3)CCC2)C2=C(C1)c1ccccc1C2. The van der Waals surface area contributed by atoms with E-state index >= 15 is 0 Å². The van der Waals surface area contributed by atoms with E-state index in [0.717, 1.165) is 12.8 Å². The first-order chi connectivity index (χ1) is 16.7. The van der Waals surface area contributed by atoms with Gasteiger partial charge in [0.25, 0.3) is 0 Å². The van der Waals surface area contributed by atoms with E-state index < -0.39 is 0 Å². The normalized spacial score (nSPS) is 19.6. The lowest BCUT2D eigenvalue weighted by Gasteiger charge is -2.23. The average molecular weight is 459 g/mol. The second-order valence-electron chi connectivity index (χ2n) is 9.72. The van der Waals surface area contributed by atoms with Crippen LogP contribution in [0.1, 0.15) is 43.7 Å². The van der Waals surface area contributed by atoms with E-state index in [2.05, 4.69) is 104 Å². The van der Waals surface area contributed by atoms with Gasteiger partial charge in [-0.25, -0.2) is 0 Å². The fourth-order valence-corrected chi connectivity index (χ4v) is 6.56. The summed E-state index contributed by atoms with van der Waals surface area (Å²) in [5, 5.41) is 0. The fourth-order valence-electron chi connectivity index (χ4n) is 5.61. The summed E-state index contributed by atoms with van der Waals surface area (Å²) in [6.45, 7) is 2.37. The molecule has 0 amide bonds. The standard InChI is InChI=1S/C33H30S/c1-23-20-31(33-22-27-10-5-6-13-30(27)32(33)21-23)26-11-7-12-28(19-16-26)34-29-17-14-25(15-18-29)24-8-3-2-4-9-24/h2-6,8-10,13-20,23H,7,11-12,21-22H2,1H3. The van der Waals surface area contributed by atoms with Crippen LogP contribution in [-0.2, 0) is 6.42 Å². The first-order valence-corrected chi connectivity index (χ1v) is 13.3. The van der Waals surface area contributed by atoms with Gasteiger partial charge in [0, 0.05) is 4.90 Å². The van der Waals surface area contributed by atoms with Gasteiger partial charge < -0.3 is 0 Å². The summed E-state index contributed by atoms with van der Waals surface area (Å²) in [5.41, 5.74) is 11.8. The Kier molecular flexibility index (Phi) is 5.89. The number of rotatable bonds is 4. The van der Waals surface area contributed by atoms with Crippen molar-refractivity contribution in [3.63, 3.8) is 0 Å². The van der Waals surface area contributed by atoms with Crippen molar-refractivity contribution in [1.29, 1.82) is 0 Å². The van der Waals surface area contributed by atoms with E-state index in [9.17, 15) is 0 Å². The summed E-state index contributed by atoms with van der Waals surface area (Å²) in [5.74, 6) is 0.602. The number of fused-ring (bicyclic) bond motifs is 2. The summed E-state index contributed by atoms with van der Waals surface area (Å²) in [6.07, 6.45) is 13.2. The maximum Gasteiger partial charge on any atom is 0.0119 e. The quantitative estimate of drug-likeness (QED) is 0.375. The first-order valence-electron chi connectivity index (χ1n) is 12.5. The maximum absolute atomic E-state index is 2.55. The monoisotopic (exact) mass is 458 g/mol. The Morgan fingerprint density at radius 3 is 2.35 bits per heavy atom. The van der Waals surface area contributed by atoms with E-state index in [0.29, 0.717) is 5.92 Å². The zero-order valence-corrected chi connectivity index (χ0v) is 20.6. The predicted octanol–water partition coefficient (Wildman–Crippen LogP) is 9.42. The minimum Gasteiger partial charge on any atom is -0.0946 e. The summed E-state index contributed by atoms with van der Waals surface area (Å²) >= 11 is 1.93. The van der Waals surface area contributed by atoms with Gasteiger partial charge in [0.1, 0.15) is 0 Å². The van der Waals surface area contributed by atoms with Gasteiger partial charge in [0.05, 0.1) is 0 Å². The second-order valence-corrected chi connectivity index (χ2v) is 10.9. The molecule has 0 saturated carbocycles. The zero-order chi connectivity index (χ0) is 22.9. The van der Waals surface area contributed by atoms with Crippen LogP contribution in [0.25, 0.3) is 16.7 Å². The molecule has 3 aromatic carbocycles. The van der Waals surface area contributed by atoms with Crippen LogP contribution >= 0.6 is 11.8 Å². The third-order valence-electron chi connectivity index (χ3n) is 7.27. The molecule has 0 bridgehead atoms. The topological polar surface area (TPSA) is 0 Å². The van der Waals surface area contributed by atoms with Crippen LogP contribution in [0.4, 0.5) is 0 Å². The minimum absolute atomic E-state index is 0.602. The van der Waals surface area contributed by atoms with Crippen LogP contribution in [0.3, 0.4) is 0 Å². The van der Waals surface area contributed by atoms with Crippen molar-refractivity contribution >= 4 is 17.3 Å². The van der Waals surface area contributed by atoms with Crippen LogP contribution in [-0.4, -0.2) is 0 Å². The Labute approximate surface area is 207 Å². The lowest BCUT2D eigenvalue weighted by molar-refractivity contribution is 0.733. The molecule has 168 valence electrons. The number of benzene rings is 3. The van der Waals surface area contributed by atoms with Gasteiger partial charge in [-0.2, -0.15) is 0 Å². The summed E-state index contributed by atoms with van der Waals surface area (Å²) in [4.78, 5) is 2.79. The third kappa shape index (κ3) is 4.26. The highest BCUT2D eigenvalue weighted by molar-refractivity contribution is 8.03. The largest absolute Gasteiger partial charge is 0.0946 e. The van der Waals surface area contributed by atoms with Gasteiger partial charge in [-0.05, 0) is 99.6 Å². The molecule has 0 aromatic heterocycles. The highest BCUT2D eigenvalue weighted by Gasteiger charge is 2.29. The molecule has 3 aromatic rings. The molecule has 1 unspecified atom stereocenters. The Hall–Kier alpha value is -3.03. The molecule has 3 aliphatic carbocycles. The molecule has 3 aliphatic rings. The highest BCUT2D eigenvalue weighted by Crippen LogP contribution is 2.46. The fraction of sp³-hybridized carbons (Fsp3) is 0.212. The van der Waals surface area contributed by atoms with Crippen molar-refractivity contribution in [2.75, 3.05) is 0 Å². The van der Waals surface area contributed by atoms with Gasteiger partial charge in [-0.3, -0.25) is 0 Å². The van der Waals surface area contributed by atoms with Gasteiger partial charge in [0.2, 0.25) is 0 Å². The minimum atomic E-state index is 0.602. The van der Waals surface area contributed by atoms with Crippen molar-refractivity contribution in [1.82, 2.24) is 0 Å². The third-order valence-corrected chi connectivity index (χ3v) is 8.38. The molecule has 0 nitrogen and oxygen atoms in total. The molecule has 0 saturated heterocycles. The zero-order valence-electron chi connectivity index (χ0n) is 19.8. The molecule has 1 heteroatoms. The van der Waals surface area contributed by atoms with E-state index in [1.165, 1.54) is 62.5 Å². The summed E-state index contributed by atoms with van der Waals surface area (Å²) < 4.78 is 0. The van der Waals surface area contributed by atoms with Crippen LogP contribution in [0.5, 0.6) is 0 Å². The number of hydrogen-bond donors (Lipinski definition) is 0. The van der Waals surface area contributed by atoms with E-state index in [1.807, 2.05) is 11.8 Å². The lowest BCUT2D eigenvalue weighted by Crippen LogP contribution is -2.06. The van der Waals surface area contributed by atoms with Crippen molar-refractivity contribution in [2.45, 2.75) is 43.9 Å². The van der Waals surface area contributed by atoms with Crippen LogP contribution in [0, 0.1) is 5.92 Å². The smallest absolute Gasteiger partial charge is 0.0119 e. The van der Waals surface area contributed by atoms with E-state index in [1.54, 1.807) is 11.1 Å². The van der Waals surface area contributed by atoms with Crippen LogP contribution in [0.15, 0.2) is 124 Å². The van der Waals surface area contributed by atoms with Gasteiger partial charge in [-0.1, -0.05) is 104 Å². The summed E-state index contributed by atoms with van der Waals surface area (Å²) in [7, 11) is 0. The van der Waals surface area contributed by atoms with Crippen LogP contribution < -0.4 is 0 Å². The van der Waals surface area contributed by atoms with Gasteiger partial charge >= 0.3 is 0 Å². The van der Waals surface area contributed by atoms with Crippen molar-refractivity contribution in [2.24, 2.45) is 5.92 Å². The maximum atomic E-state index is 2.55. The van der Waals surface area contributed by atoms with Crippen LogP contribution in [0.2, 0.25) is 0 Å². The number of allylic oxidation sites excluding steroid dienone is 8. The Bertz CT molecular complexity index is 1330. The molecule has 1 atom stereocenters. The number of thioether (sulfide) groups is 1. The Morgan fingerprint density at radius 2 is 1.50 bits per heavy atom. The molecule has 0 fully saturated rings. The average Bonchev–Trinajstić information content (AvgIpc) is 3.08. The molecule has 0 spiro atoms. The van der Waals surface area contributed by atoms with Gasteiger partial charge in [0.15, 0.2) is 0 Å². The van der Waals surface area contributed by atoms with Gasteiger partial charge in [-0.15, -0.1) is 0 Å². The Morgan fingerprint density at radius 1 is 0.735 bits per heavy atom. The predicted molar refractivity (Wildman–Crippen MR) is 147 cm³/mol. The summed E-state index contributed by atoms with van der Waals surface area (Å²) in [6, 6.07) is 28.7. The van der Waals surface area contributed by atoms with Crippen molar-refractivity contribution < 1.29 is 0 Å². The molecular weight excluding hydrogens is 428 g/mol. The molecule has 0 heterocycles. The number of hydrogen-bond acceptors (Lipinski definition) is 1. The van der Waals surface area contributed by atoms with E-state index in [4.69, 9.17) is 0 Å². The molecule has 0 radical (unpaired) electrons. The van der Waals surface area contributed by atoms with Crippen molar-refractivity contribution in [3.8, 4) is 11.1 Å².